The summed E-state index contributed by atoms with van der Waals surface area (Å²) in [6.07, 6.45) is -4.01. The standard InChI is InChI=1S/C10H16N5O13P3.C4H11NO/c11-8-5-9(13-2-12-8)15(3-14-5)10-7(17)6(16)4(26-10)1-25-30(21,22)28-31(23,24)27-29(18,19)20;1-4(6)5(2)3/h2-4,6-7,10,16-17H,1H2,(H,21,22)(H,23,24)(H2,11,12,13)(H2,18,19,20);4,6H,1-3H3/t4-,6-,7-,10-;/m1./s1. The summed E-state index contributed by atoms with van der Waals surface area (Å²) in [7, 11) is -13.0. The molecular formula is C14H27N6O14P3. The van der Waals surface area contributed by atoms with E-state index in [4.69, 9.17) is 30.3 Å². The Morgan fingerprint density at radius 2 is 1.68 bits per heavy atom. The van der Waals surface area contributed by atoms with Crippen LogP contribution in [0.1, 0.15) is 13.2 Å². The number of aliphatic hydroxyl groups excluding tert-OH is 3. The van der Waals surface area contributed by atoms with Crippen molar-refractivity contribution in [3.8, 4) is 0 Å². The quantitative estimate of drug-likeness (QED) is 0.118. The van der Waals surface area contributed by atoms with Crippen molar-refractivity contribution in [1.82, 2.24) is 24.4 Å². The van der Waals surface area contributed by atoms with Gasteiger partial charge >= 0.3 is 23.5 Å². The number of aromatic nitrogens is 4. The van der Waals surface area contributed by atoms with Gasteiger partial charge in [0, 0.05) is 0 Å². The van der Waals surface area contributed by atoms with Crippen molar-refractivity contribution in [3.05, 3.63) is 12.7 Å². The summed E-state index contributed by atoms with van der Waals surface area (Å²) in [4.78, 5) is 49.0. The average Bonchev–Trinajstić information content (AvgIpc) is 3.27. The highest BCUT2D eigenvalue weighted by molar-refractivity contribution is 7.66. The Labute approximate surface area is 208 Å². The van der Waals surface area contributed by atoms with Crippen LogP contribution in [0.3, 0.4) is 0 Å². The maximum absolute atomic E-state index is 11.8. The summed E-state index contributed by atoms with van der Waals surface area (Å²) in [5.41, 5.74) is 6.00. The second-order valence-electron chi connectivity index (χ2n) is 7.61. The second-order valence-corrected chi connectivity index (χ2v) is 12.0. The Hall–Kier alpha value is -1.44. The minimum Gasteiger partial charge on any atom is -0.387 e. The number of nitrogens with two attached hydrogens (primary N) is 1. The number of rotatable bonds is 9. The topological polar surface area (TPSA) is 303 Å². The maximum atomic E-state index is 11.8. The molecule has 0 saturated carbocycles. The van der Waals surface area contributed by atoms with Crippen LogP contribution in [0.5, 0.6) is 0 Å². The van der Waals surface area contributed by atoms with Crippen molar-refractivity contribution in [3.63, 3.8) is 0 Å². The number of ether oxygens (including phenoxy) is 1. The van der Waals surface area contributed by atoms with Gasteiger partial charge in [0.25, 0.3) is 0 Å². The van der Waals surface area contributed by atoms with Crippen LogP contribution < -0.4 is 5.73 Å². The molecule has 0 spiro atoms. The molecule has 1 aliphatic heterocycles. The average molecular weight is 596 g/mol. The number of phosphoric acid groups is 3. The van der Waals surface area contributed by atoms with E-state index < -0.39 is 54.6 Å². The van der Waals surface area contributed by atoms with Crippen molar-refractivity contribution in [1.29, 1.82) is 0 Å². The lowest BCUT2D eigenvalue weighted by Crippen LogP contribution is -2.33. The molecule has 3 rings (SSSR count). The first-order chi connectivity index (χ1) is 16.8. The molecule has 0 aliphatic carbocycles. The van der Waals surface area contributed by atoms with Gasteiger partial charge in [-0.25, -0.2) is 28.6 Å². The Morgan fingerprint density at radius 3 is 2.22 bits per heavy atom. The summed E-state index contributed by atoms with van der Waals surface area (Å²) >= 11 is 0. The van der Waals surface area contributed by atoms with Crippen LogP contribution in [-0.4, -0.2) is 105 Å². The van der Waals surface area contributed by atoms with E-state index in [1.54, 1.807) is 11.8 Å². The van der Waals surface area contributed by atoms with Crippen molar-refractivity contribution < 1.29 is 66.5 Å². The lowest BCUT2D eigenvalue weighted by molar-refractivity contribution is -0.0503. The zero-order chi connectivity index (χ0) is 28.3. The number of phosphoric ester groups is 1. The molecule has 1 aliphatic rings. The lowest BCUT2D eigenvalue weighted by atomic mass is 10.1. The highest BCUT2D eigenvalue weighted by Crippen LogP contribution is 2.66. The van der Waals surface area contributed by atoms with E-state index in [0.29, 0.717) is 0 Å². The highest BCUT2D eigenvalue weighted by Gasteiger charge is 2.47. The molecule has 1 fully saturated rings. The van der Waals surface area contributed by atoms with Crippen molar-refractivity contribution in [2.24, 2.45) is 0 Å². The van der Waals surface area contributed by atoms with Crippen LogP contribution >= 0.6 is 23.5 Å². The first kappa shape index (κ1) is 31.8. The zero-order valence-electron chi connectivity index (χ0n) is 19.4. The summed E-state index contributed by atoms with van der Waals surface area (Å²) in [6.45, 7) is 0.766. The van der Waals surface area contributed by atoms with Gasteiger partial charge in [0.15, 0.2) is 17.7 Å². The Morgan fingerprint density at radius 1 is 1.08 bits per heavy atom. The second kappa shape index (κ2) is 12.2. The van der Waals surface area contributed by atoms with E-state index in [1.165, 1.54) is 10.9 Å². The molecule has 0 radical (unpaired) electrons. The monoisotopic (exact) mass is 596 g/mol. The molecule has 20 nitrogen and oxygen atoms in total. The Kier molecular flexibility index (Phi) is 10.4. The number of imidazole rings is 1. The molecule has 2 aromatic rings. The maximum Gasteiger partial charge on any atom is 0.490 e. The van der Waals surface area contributed by atoms with E-state index in [-0.39, 0.29) is 23.2 Å². The Balaban J connectivity index is 0.000000717. The fourth-order valence-corrected chi connectivity index (χ4v) is 5.65. The van der Waals surface area contributed by atoms with Gasteiger partial charge in [-0.15, -0.1) is 0 Å². The van der Waals surface area contributed by atoms with Crippen LogP contribution in [0.15, 0.2) is 12.7 Å². The minimum absolute atomic E-state index is 0.0426. The third-order valence-electron chi connectivity index (χ3n) is 4.56. The molecule has 3 unspecified atom stereocenters. The molecule has 3 heterocycles. The first-order valence-electron chi connectivity index (χ1n) is 9.91. The highest BCUT2D eigenvalue weighted by atomic mass is 31.3. The normalized spacial score (nSPS) is 26.4. The number of fused-ring (bicyclic) bond motifs is 1. The van der Waals surface area contributed by atoms with Gasteiger partial charge in [-0.3, -0.25) is 14.0 Å². The minimum atomic E-state index is -5.70. The SMILES string of the molecule is CC(O)N(C)C.Nc1ncnc2c1ncn2[C@@H]1O[C@H](COP(=O)(O)OP(=O)(O)OP(=O)(O)O)[C@@H](O)[C@H]1O. The van der Waals surface area contributed by atoms with Gasteiger partial charge in [0.2, 0.25) is 0 Å². The van der Waals surface area contributed by atoms with Crippen molar-refractivity contribution >= 4 is 40.4 Å². The largest absolute Gasteiger partial charge is 0.490 e. The molecule has 9 N–H and O–H groups in total. The molecule has 212 valence electrons. The molecule has 7 atom stereocenters. The van der Waals surface area contributed by atoms with Crippen LogP contribution in [0.25, 0.3) is 11.2 Å². The molecular weight excluding hydrogens is 569 g/mol. The van der Waals surface area contributed by atoms with Crippen LogP contribution in [0, 0.1) is 0 Å². The molecule has 0 aromatic carbocycles. The van der Waals surface area contributed by atoms with Crippen LogP contribution in [0.2, 0.25) is 0 Å². The number of hydrogen-bond donors (Lipinski definition) is 8. The number of nitrogen functional groups attached to an aromatic ring is 1. The summed E-state index contributed by atoms with van der Waals surface area (Å²) < 4.78 is 51.9. The Bertz CT molecular complexity index is 1200. The number of hydrogen-bond acceptors (Lipinski definition) is 15. The van der Waals surface area contributed by atoms with Crippen molar-refractivity contribution in [2.45, 2.75) is 37.7 Å². The third-order valence-corrected chi connectivity index (χ3v) is 8.37. The van der Waals surface area contributed by atoms with E-state index in [9.17, 15) is 28.8 Å². The lowest BCUT2D eigenvalue weighted by Gasteiger charge is -2.19. The molecule has 0 bridgehead atoms. The first-order valence-corrected chi connectivity index (χ1v) is 14.4. The number of anilines is 1. The van der Waals surface area contributed by atoms with Crippen LogP contribution in [-0.2, 0) is 31.6 Å². The predicted molar refractivity (Wildman–Crippen MR) is 121 cm³/mol. The van der Waals surface area contributed by atoms with Crippen LogP contribution in [0.4, 0.5) is 5.82 Å². The molecule has 23 heteroatoms. The predicted octanol–water partition coefficient (Wildman–Crippen LogP) is -1.74. The van der Waals surface area contributed by atoms with E-state index in [0.717, 1.165) is 6.33 Å². The van der Waals surface area contributed by atoms with Crippen molar-refractivity contribution in [2.75, 3.05) is 26.4 Å². The third kappa shape index (κ3) is 9.07. The van der Waals surface area contributed by atoms with Gasteiger partial charge in [0.05, 0.1) is 12.9 Å². The van der Waals surface area contributed by atoms with Gasteiger partial charge < -0.3 is 45.4 Å². The molecule has 37 heavy (non-hydrogen) atoms. The van der Waals surface area contributed by atoms with Gasteiger partial charge in [-0.2, -0.15) is 8.62 Å². The summed E-state index contributed by atoms with van der Waals surface area (Å²) in [6, 6.07) is 0. The molecule has 2 aromatic heterocycles. The van der Waals surface area contributed by atoms with E-state index in [2.05, 4.69) is 28.1 Å². The smallest absolute Gasteiger partial charge is 0.387 e. The van der Waals surface area contributed by atoms with Gasteiger partial charge in [0.1, 0.15) is 36.4 Å². The summed E-state index contributed by atoms with van der Waals surface area (Å²) in [5.74, 6) is 0.0426. The number of nitrogens with zero attached hydrogens (tertiary/aromatic N) is 5. The molecule has 0 amide bonds. The molecule has 1 saturated heterocycles. The van der Waals surface area contributed by atoms with Gasteiger partial charge in [-0.1, -0.05) is 0 Å². The number of aliphatic hydroxyl groups is 3. The summed E-state index contributed by atoms with van der Waals surface area (Å²) in [5, 5.41) is 29.0. The van der Waals surface area contributed by atoms with E-state index >= 15 is 0 Å². The fraction of sp³-hybridized carbons (Fsp3) is 0.643. The fourth-order valence-electron chi connectivity index (χ4n) is 2.62. The van der Waals surface area contributed by atoms with Gasteiger partial charge in [-0.05, 0) is 21.0 Å². The van der Waals surface area contributed by atoms with E-state index in [1.807, 2.05) is 14.1 Å². The zero-order valence-corrected chi connectivity index (χ0v) is 22.1.